The number of benzene rings is 3. The van der Waals surface area contributed by atoms with Crippen LogP contribution in [0.1, 0.15) is 39.9 Å². The SMILES string of the molecule is O=C1CCCc2ccc(N(Cc3ccccc3)Cc3ccccc3)c(Br)c21. The lowest BCUT2D eigenvalue weighted by atomic mass is 9.90. The molecule has 0 amide bonds. The molecule has 3 heteroatoms. The van der Waals surface area contributed by atoms with Crippen LogP contribution in [0.4, 0.5) is 5.69 Å². The van der Waals surface area contributed by atoms with Crippen LogP contribution in [0, 0.1) is 0 Å². The zero-order valence-corrected chi connectivity index (χ0v) is 16.8. The minimum atomic E-state index is 0.254. The lowest BCUT2D eigenvalue weighted by Gasteiger charge is -2.29. The van der Waals surface area contributed by atoms with Gasteiger partial charge in [-0.05, 0) is 51.5 Å². The van der Waals surface area contributed by atoms with Crippen molar-refractivity contribution < 1.29 is 4.79 Å². The van der Waals surface area contributed by atoms with Crippen molar-refractivity contribution in [1.82, 2.24) is 0 Å². The molecule has 1 aliphatic carbocycles. The maximum absolute atomic E-state index is 12.5. The predicted molar refractivity (Wildman–Crippen MR) is 114 cm³/mol. The third-order valence-corrected chi connectivity index (χ3v) is 5.91. The second-order valence-electron chi connectivity index (χ2n) is 7.04. The monoisotopic (exact) mass is 419 g/mol. The van der Waals surface area contributed by atoms with Crippen LogP contribution < -0.4 is 4.90 Å². The van der Waals surface area contributed by atoms with Crippen molar-refractivity contribution in [2.45, 2.75) is 32.4 Å². The number of rotatable bonds is 5. The Morgan fingerprint density at radius 1 is 0.778 bits per heavy atom. The van der Waals surface area contributed by atoms with Gasteiger partial charge in [-0.15, -0.1) is 0 Å². The fraction of sp³-hybridized carbons (Fsp3) is 0.208. The molecule has 3 aromatic carbocycles. The van der Waals surface area contributed by atoms with Crippen molar-refractivity contribution in [3.8, 4) is 0 Å². The molecule has 1 aliphatic rings. The first-order chi connectivity index (χ1) is 13.2. The Kier molecular flexibility index (Phi) is 5.40. The summed E-state index contributed by atoms with van der Waals surface area (Å²) in [5, 5.41) is 0. The van der Waals surface area contributed by atoms with Crippen molar-refractivity contribution in [3.05, 3.63) is 99.5 Å². The number of carbonyl (C=O) groups is 1. The predicted octanol–water partition coefficient (Wildman–Crippen LogP) is 6.17. The second-order valence-corrected chi connectivity index (χ2v) is 7.83. The van der Waals surface area contributed by atoms with Gasteiger partial charge in [0.15, 0.2) is 5.78 Å². The minimum absolute atomic E-state index is 0.254. The van der Waals surface area contributed by atoms with Crippen LogP contribution in [-0.2, 0) is 19.5 Å². The Bertz CT molecular complexity index is 896. The van der Waals surface area contributed by atoms with E-state index < -0.39 is 0 Å². The van der Waals surface area contributed by atoms with Crippen LogP contribution in [0.15, 0.2) is 77.3 Å². The Balaban J connectivity index is 1.74. The van der Waals surface area contributed by atoms with E-state index in [1.165, 1.54) is 16.7 Å². The van der Waals surface area contributed by atoms with Gasteiger partial charge in [-0.1, -0.05) is 66.7 Å². The molecule has 0 unspecified atom stereocenters. The summed E-state index contributed by atoms with van der Waals surface area (Å²) in [7, 11) is 0. The van der Waals surface area contributed by atoms with Gasteiger partial charge in [0.1, 0.15) is 0 Å². The summed E-state index contributed by atoms with van der Waals surface area (Å²) in [5.41, 5.74) is 5.64. The van der Waals surface area contributed by atoms with E-state index >= 15 is 0 Å². The van der Waals surface area contributed by atoms with E-state index in [-0.39, 0.29) is 5.78 Å². The Hall–Kier alpha value is -2.39. The highest BCUT2D eigenvalue weighted by Gasteiger charge is 2.24. The van der Waals surface area contributed by atoms with E-state index in [1.54, 1.807) is 0 Å². The maximum Gasteiger partial charge on any atom is 0.164 e. The molecule has 27 heavy (non-hydrogen) atoms. The molecule has 0 heterocycles. The average Bonchev–Trinajstić information content (AvgIpc) is 2.69. The number of anilines is 1. The number of ketones is 1. The molecule has 0 bridgehead atoms. The highest BCUT2D eigenvalue weighted by Crippen LogP contribution is 2.37. The molecule has 0 fully saturated rings. The molecule has 0 aliphatic heterocycles. The molecular weight excluding hydrogens is 398 g/mol. The number of fused-ring (bicyclic) bond motifs is 1. The molecule has 0 spiro atoms. The highest BCUT2D eigenvalue weighted by molar-refractivity contribution is 9.10. The van der Waals surface area contributed by atoms with Gasteiger partial charge < -0.3 is 4.90 Å². The van der Waals surface area contributed by atoms with Gasteiger partial charge in [-0.2, -0.15) is 0 Å². The first-order valence-electron chi connectivity index (χ1n) is 9.40. The minimum Gasteiger partial charge on any atom is -0.362 e. The van der Waals surface area contributed by atoms with E-state index in [0.29, 0.717) is 6.42 Å². The fourth-order valence-electron chi connectivity index (χ4n) is 3.76. The largest absolute Gasteiger partial charge is 0.362 e. The molecule has 136 valence electrons. The average molecular weight is 420 g/mol. The third kappa shape index (κ3) is 3.98. The first kappa shape index (κ1) is 18.0. The fourth-order valence-corrected chi connectivity index (χ4v) is 4.62. The Morgan fingerprint density at radius 3 is 1.96 bits per heavy atom. The van der Waals surface area contributed by atoms with Gasteiger partial charge in [0, 0.05) is 25.1 Å². The molecule has 4 rings (SSSR count). The van der Waals surface area contributed by atoms with Crippen LogP contribution >= 0.6 is 15.9 Å². The van der Waals surface area contributed by atoms with E-state index in [0.717, 1.165) is 41.7 Å². The number of carbonyl (C=O) groups excluding carboxylic acids is 1. The second kappa shape index (κ2) is 8.10. The van der Waals surface area contributed by atoms with Crippen molar-refractivity contribution in [1.29, 1.82) is 0 Å². The number of halogens is 1. The van der Waals surface area contributed by atoms with Crippen molar-refractivity contribution in [2.75, 3.05) is 4.90 Å². The molecule has 2 nitrogen and oxygen atoms in total. The molecule has 3 aromatic rings. The van der Waals surface area contributed by atoms with E-state index in [9.17, 15) is 4.79 Å². The summed E-state index contributed by atoms with van der Waals surface area (Å²) in [6, 6.07) is 25.3. The van der Waals surface area contributed by atoms with Gasteiger partial charge in [-0.3, -0.25) is 4.79 Å². The van der Waals surface area contributed by atoms with Gasteiger partial charge in [0.05, 0.1) is 10.2 Å². The molecular formula is C24H22BrNO. The lowest BCUT2D eigenvalue weighted by Crippen LogP contribution is -2.24. The standard InChI is InChI=1S/C24H22BrNO/c25-24-21(15-14-20-12-7-13-22(27)23(20)24)26(16-18-8-3-1-4-9-18)17-19-10-5-2-6-11-19/h1-6,8-11,14-15H,7,12-13,16-17H2. The highest BCUT2D eigenvalue weighted by atomic mass is 79.9. The quantitative estimate of drug-likeness (QED) is 0.492. The zero-order chi connectivity index (χ0) is 18.6. The lowest BCUT2D eigenvalue weighted by molar-refractivity contribution is 0.0971. The summed E-state index contributed by atoms with van der Waals surface area (Å²) < 4.78 is 0.941. The summed E-state index contributed by atoms with van der Waals surface area (Å²) in [4.78, 5) is 14.9. The summed E-state index contributed by atoms with van der Waals surface area (Å²) in [5.74, 6) is 0.254. The molecule has 0 atom stereocenters. The molecule has 0 saturated heterocycles. The third-order valence-electron chi connectivity index (χ3n) is 5.11. The van der Waals surface area contributed by atoms with E-state index in [1.807, 2.05) is 12.1 Å². The van der Waals surface area contributed by atoms with Crippen molar-refractivity contribution in [3.63, 3.8) is 0 Å². The van der Waals surface area contributed by atoms with Gasteiger partial charge >= 0.3 is 0 Å². The number of nitrogens with zero attached hydrogens (tertiary/aromatic N) is 1. The number of hydrogen-bond acceptors (Lipinski definition) is 2. The van der Waals surface area contributed by atoms with Crippen molar-refractivity contribution in [2.24, 2.45) is 0 Å². The number of Topliss-reactive ketones (excluding diaryl/α,β-unsaturated/α-hetero) is 1. The van der Waals surface area contributed by atoms with Crippen molar-refractivity contribution >= 4 is 27.4 Å². The van der Waals surface area contributed by atoms with Crippen LogP contribution in [0.2, 0.25) is 0 Å². The molecule has 0 radical (unpaired) electrons. The van der Waals surface area contributed by atoms with Gasteiger partial charge in [-0.25, -0.2) is 0 Å². The van der Waals surface area contributed by atoms with Gasteiger partial charge in [0.25, 0.3) is 0 Å². The normalized spacial score (nSPS) is 13.3. The summed E-state index contributed by atoms with van der Waals surface area (Å²) in [6.07, 6.45) is 2.58. The van der Waals surface area contributed by atoms with E-state index in [2.05, 4.69) is 81.5 Å². The maximum atomic E-state index is 12.5. The molecule has 0 aromatic heterocycles. The van der Waals surface area contributed by atoms with Crippen LogP contribution in [0.5, 0.6) is 0 Å². The zero-order valence-electron chi connectivity index (χ0n) is 15.2. The first-order valence-corrected chi connectivity index (χ1v) is 10.2. The van der Waals surface area contributed by atoms with E-state index in [4.69, 9.17) is 0 Å². The topological polar surface area (TPSA) is 20.3 Å². The number of aryl methyl sites for hydroxylation is 1. The van der Waals surface area contributed by atoms with Gasteiger partial charge in [0.2, 0.25) is 0 Å². The van der Waals surface area contributed by atoms with Crippen LogP contribution in [-0.4, -0.2) is 5.78 Å². The smallest absolute Gasteiger partial charge is 0.164 e. The summed E-state index contributed by atoms with van der Waals surface area (Å²) in [6.45, 7) is 1.59. The van der Waals surface area contributed by atoms with Crippen LogP contribution in [0.25, 0.3) is 0 Å². The summed E-state index contributed by atoms with van der Waals surface area (Å²) >= 11 is 3.77. The Morgan fingerprint density at radius 2 is 1.37 bits per heavy atom. The molecule has 0 N–H and O–H groups in total. The number of hydrogen-bond donors (Lipinski definition) is 0. The van der Waals surface area contributed by atoms with Crippen LogP contribution in [0.3, 0.4) is 0 Å². The Labute approximate surface area is 169 Å². The molecule has 0 saturated carbocycles.